The third-order valence-electron chi connectivity index (χ3n) is 5.50. The number of aryl methyl sites for hydroxylation is 1. The van der Waals surface area contributed by atoms with Gasteiger partial charge in [0, 0.05) is 18.5 Å². The highest BCUT2D eigenvalue weighted by atomic mass is 16.5. The molecule has 144 valence electrons. The van der Waals surface area contributed by atoms with E-state index in [2.05, 4.69) is 62.5 Å². The Morgan fingerprint density at radius 3 is 2.63 bits per heavy atom. The lowest BCUT2D eigenvalue weighted by molar-refractivity contribution is 0.190. The molecule has 0 radical (unpaired) electrons. The molecule has 0 saturated carbocycles. The molecule has 2 aromatic rings. The molecule has 1 fully saturated rings. The van der Waals surface area contributed by atoms with E-state index in [1.54, 1.807) is 7.11 Å². The van der Waals surface area contributed by atoms with Gasteiger partial charge < -0.3 is 15.0 Å². The van der Waals surface area contributed by atoms with Gasteiger partial charge in [0.1, 0.15) is 5.75 Å². The first-order chi connectivity index (χ1) is 12.9. The Morgan fingerprint density at radius 2 is 1.96 bits per heavy atom. The molecule has 2 aromatic carbocycles. The Hall–Kier alpha value is -2.49. The van der Waals surface area contributed by atoms with Crippen molar-refractivity contribution in [2.24, 2.45) is 0 Å². The van der Waals surface area contributed by atoms with E-state index in [0.29, 0.717) is 6.54 Å². The summed E-state index contributed by atoms with van der Waals surface area (Å²) in [6.07, 6.45) is 2.03. The zero-order valence-corrected chi connectivity index (χ0v) is 16.8. The van der Waals surface area contributed by atoms with Crippen LogP contribution in [0, 0.1) is 6.92 Å². The van der Waals surface area contributed by atoms with Gasteiger partial charge in [-0.1, -0.05) is 55.8 Å². The van der Waals surface area contributed by atoms with Gasteiger partial charge in [0.2, 0.25) is 0 Å². The van der Waals surface area contributed by atoms with Crippen LogP contribution in [0.25, 0.3) is 0 Å². The average Bonchev–Trinajstić information content (AvgIpc) is 3.16. The first-order valence-corrected chi connectivity index (χ1v) is 9.66. The number of benzene rings is 2. The first-order valence-electron chi connectivity index (χ1n) is 9.66. The van der Waals surface area contributed by atoms with Crippen LogP contribution < -0.4 is 10.1 Å². The molecule has 1 unspecified atom stereocenters. The number of carbonyl (C=O) groups excluding carboxylic acids is 1. The molecule has 2 amide bonds. The highest BCUT2D eigenvalue weighted by molar-refractivity contribution is 5.75. The summed E-state index contributed by atoms with van der Waals surface area (Å²) in [6.45, 7) is 7.86. The fourth-order valence-electron chi connectivity index (χ4n) is 3.75. The number of likely N-dealkylation sites (tertiary alicyclic amines) is 1. The molecule has 27 heavy (non-hydrogen) atoms. The van der Waals surface area contributed by atoms with E-state index in [0.717, 1.165) is 25.1 Å². The molecular weight excluding hydrogens is 336 g/mol. The SMILES string of the molecule is COc1ccc(C2CCCN2C(=O)NCC(C)(C)c2cccc(C)c2)cc1. The number of carbonyl (C=O) groups is 1. The first kappa shape index (κ1) is 19.3. The summed E-state index contributed by atoms with van der Waals surface area (Å²) < 4.78 is 5.24. The Labute approximate surface area is 162 Å². The maximum Gasteiger partial charge on any atom is 0.317 e. The van der Waals surface area contributed by atoms with Crippen LogP contribution in [0.1, 0.15) is 49.4 Å². The van der Waals surface area contributed by atoms with Gasteiger partial charge in [-0.15, -0.1) is 0 Å². The van der Waals surface area contributed by atoms with Crippen LogP contribution in [0.5, 0.6) is 5.75 Å². The molecule has 3 rings (SSSR count). The van der Waals surface area contributed by atoms with Crippen molar-refractivity contribution in [1.29, 1.82) is 0 Å². The summed E-state index contributed by atoms with van der Waals surface area (Å²) in [5.41, 5.74) is 3.54. The molecule has 0 bridgehead atoms. The summed E-state index contributed by atoms with van der Waals surface area (Å²) in [7, 11) is 1.67. The zero-order valence-electron chi connectivity index (χ0n) is 16.8. The summed E-state index contributed by atoms with van der Waals surface area (Å²) in [5.74, 6) is 0.840. The third kappa shape index (κ3) is 4.44. The largest absolute Gasteiger partial charge is 0.497 e. The number of methoxy groups -OCH3 is 1. The van der Waals surface area contributed by atoms with Crippen LogP contribution >= 0.6 is 0 Å². The van der Waals surface area contributed by atoms with Gasteiger partial charge in [0.15, 0.2) is 0 Å². The van der Waals surface area contributed by atoms with Crippen molar-refractivity contribution in [3.8, 4) is 5.75 Å². The van der Waals surface area contributed by atoms with Gasteiger partial charge in [0.05, 0.1) is 13.2 Å². The predicted octanol–water partition coefficient (Wildman–Crippen LogP) is 4.83. The maximum absolute atomic E-state index is 12.9. The van der Waals surface area contributed by atoms with E-state index in [9.17, 15) is 4.79 Å². The lowest BCUT2D eigenvalue weighted by Gasteiger charge is -2.30. The standard InChI is InChI=1S/C23H30N2O2/c1-17-7-5-8-19(15-17)23(2,3)16-24-22(26)25-14-6-9-21(25)18-10-12-20(27-4)13-11-18/h5,7-8,10-13,15,21H,6,9,14,16H2,1-4H3,(H,24,26). The number of ether oxygens (including phenoxy) is 1. The second-order valence-electron chi connectivity index (χ2n) is 8.04. The molecule has 1 atom stereocenters. The van der Waals surface area contributed by atoms with Crippen molar-refractivity contribution in [2.75, 3.05) is 20.2 Å². The Bertz CT molecular complexity index is 783. The quantitative estimate of drug-likeness (QED) is 0.824. The van der Waals surface area contributed by atoms with Crippen LogP contribution in [0.3, 0.4) is 0 Å². The Morgan fingerprint density at radius 1 is 1.22 bits per heavy atom. The minimum Gasteiger partial charge on any atom is -0.497 e. The molecule has 0 aliphatic carbocycles. The second-order valence-corrected chi connectivity index (χ2v) is 8.04. The monoisotopic (exact) mass is 366 g/mol. The maximum atomic E-state index is 12.9. The minimum absolute atomic E-state index is 0.0223. The number of nitrogens with one attached hydrogen (secondary N) is 1. The minimum atomic E-state index is -0.114. The molecule has 1 heterocycles. The predicted molar refractivity (Wildman–Crippen MR) is 109 cm³/mol. The van der Waals surface area contributed by atoms with Crippen LogP contribution in [0.2, 0.25) is 0 Å². The van der Waals surface area contributed by atoms with E-state index in [1.807, 2.05) is 17.0 Å². The third-order valence-corrected chi connectivity index (χ3v) is 5.50. The van der Waals surface area contributed by atoms with Crippen molar-refractivity contribution in [3.63, 3.8) is 0 Å². The highest BCUT2D eigenvalue weighted by Crippen LogP contribution is 2.33. The van der Waals surface area contributed by atoms with E-state index >= 15 is 0 Å². The summed E-state index contributed by atoms with van der Waals surface area (Å²) in [6, 6.07) is 16.7. The van der Waals surface area contributed by atoms with Gasteiger partial charge >= 0.3 is 6.03 Å². The molecule has 1 aliphatic rings. The smallest absolute Gasteiger partial charge is 0.317 e. The Balaban J connectivity index is 1.65. The van der Waals surface area contributed by atoms with Gasteiger partial charge in [-0.25, -0.2) is 4.79 Å². The van der Waals surface area contributed by atoms with Crippen LogP contribution in [-0.2, 0) is 5.41 Å². The van der Waals surface area contributed by atoms with Crippen LogP contribution in [0.15, 0.2) is 48.5 Å². The molecule has 0 spiro atoms. The van der Waals surface area contributed by atoms with Crippen molar-refractivity contribution in [1.82, 2.24) is 10.2 Å². The van der Waals surface area contributed by atoms with Gasteiger partial charge in [-0.2, -0.15) is 0 Å². The van der Waals surface area contributed by atoms with Crippen LogP contribution in [-0.4, -0.2) is 31.1 Å². The molecule has 1 N–H and O–H groups in total. The van der Waals surface area contributed by atoms with Gasteiger partial charge in [-0.05, 0) is 43.0 Å². The van der Waals surface area contributed by atoms with Crippen molar-refractivity contribution in [2.45, 2.75) is 45.1 Å². The van der Waals surface area contributed by atoms with Crippen molar-refractivity contribution >= 4 is 6.03 Å². The number of rotatable bonds is 5. The summed E-state index contributed by atoms with van der Waals surface area (Å²) in [4.78, 5) is 14.9. The lowest BCUT2D eigenvalue weighted by Crippen LogP contribution is -2.44. The number of hydrogen-bond donors (Lipinski definition) is 1. The molecule has 1 saturated heterocycles. The zero-order chi connectivity index (χ0) is 19.4. The number of hydrogen-bond acceptors (Lipinski definition) is 2. The fraction of sp³-hybridized carbons (Fsp3) is 0.435. The topological polar surface area (TPSA) is 41.6 Å². The average molecular weight is 367 g/mol. The van der Waals surface area contributed by atoms with Gasteiger partial charge in [-0.3, -0.25) is 0 Å². The van der Waals surface area contributed by atoms with E-state index in [1.165, 1.54) is 16.7 Å². The second kappa shape index (κ2) is 8.03. The molecule has 4 heteroatoms. The van der Waals surface area contributed by atoms with E-state index < -0.39 is 0 Å². The van der Waals surface area contributed by atoms with Gasteiger partial charge in [0.25, 0.3) is 0 Å². The Kier molecular flexibility index (Phi) is 5.73. The van der Waals surface area contributed by atoms with E-state index in [4.69, 9.17) is 4.74 Å². The normalized spacial score (nSPS) is 17.0. The number of urea groups is 1. The molecule has 1 aliphatic heterocycles. The fourth-order valence-corrected chi connectivity index (χ4v) is 3.75. The molecular formula is C23H30N2O2. The summed E-state index contributed by atoms with van der Waals surface area (Å²) in [5, 5.41) is 3.17. The van der Waals surface area contributed by atoms with Crippen molar-refractivity contribution in [3.05, 3.63) is 65.2 Å². The van der Waals surface area contributed by atoms with E-state index in [-0.39, 0.29) is 17.5 Å². The highest BCUT2D eigenvalue weighted by Gasteiger charge is 2.31. The molecule has 0 aromatic heterocycles. The molecule has 4 nitrogen and oxygen atoms in total. The van der Waals surface area contributed by atoms with Crippen molar-refractivity contribution < 1.29 is 9.53 Å². The summed E-state index contributed by atoms with van der Waals surface area (Å²) >= 11 is 0. The number of amides is 2. The van der Waals surface area contributed by atoms with Crippen LogP contribution in [0.4, 0.5) is 4.79 Å². The number of nitrogens with zero attached hydrogens (tertiary/aromatic N) is 1. The lowest BCUT2D eigenvalue weighted by atomic mass is 9.84.